The second-order valence-electron chi connectivity index (χ2n) is 3.46. The Morgan fingerprint density at radius 1 is 1.31 bits per heavy atom. The number of benzene rings is 1. The van der Waals surface area contributed by atoms with E-state index in [1.807, 2.05) is 0 Å². The van der Waals surface area contributed by atoms with Gasteiger partial charge in [0.1, 0.15) is 0 Å². The van der Waals surface area contributed by atoms with Crippen molar-refractivity contribution in [3.05, 3.63) is 39.7 Å². The Morgan fingerprint density at radius 3 is 2.62 bits per heavy atom. The summed E-state index contributed by atoms with van der Waals surface area (Å²) in [5.41, 5.74) is 1.36. The van der Waals surface area contributed by atoms with E-state index in [4.69, 9.17) is 4.52 Å². The molecule has 1 heterocycles. The Morgan fingerprint density at radius 2 is 2.06 bits per heavy atom. The van der Waals surface area contributed by atoms with Gasteiger partial charge in [-0.2, -0.15) is 4.98 Å². The fourth-order valence-electron chi connectivity index (χ4n) is 1.41. The van der Waals surface area contributed by atoms with Crippen LogP contribution in [-0.4, -0.2) is 15.1 Å². The largest absolute Gasteiger partial charge is 0.334 e. The summed E-state index contributed by atoms with van der Waals surface area (Å²) in [6.45, 7) is 3.47. The lowest BCUT2D eigenvalue weighted by atomic mass is 10.1. The van der Waals surface area contributed by atoms with Crippen LogP contribution in [0.3, 0.4) is 0 Å². The summed E-state index contributed by atoms with van der Waals surface area (Å²) in [5.74, 6) is 0.795. The summed E-state index contributed by atoms with van der Waals surface area (Å²) in [7, 11) is 0. The lowest BCUT2D eigenvalue weighted by molar-refractivity contribution is -0.384. The van der Waals surface area contributed by atoms with E-state index in [0.29, 0.717) is 17.3 Å². The van der Waals surface area contributed by atoms with Crippen molar-refractivity contribution in [2.24, 2.45) is 0 Å². The zero-order valence-corrected chi connectivity index (χ0v) is 8.80. The van der Waals surface area contributed by atoms with Gasteiger partial charge in [0, 0.05) is 17.7 Å². The van der Waals surface area contributed by atoms with Crippen LogP contribution in [0.2, 0.25) is 0 Å². The average molecular weight is 219 g/mol. The van der Waals surface area contributed by atoms with Crippen LogP contribution in [0, 0.1) is 24.0 Å². The smallest absolute Gasteiger partial charge is 0.270 e. The first-order valence-electron chi connectivity index (χ1n) is 4.63. The fourth-order valence-corrected chi connectivity index (χ4v) is 1.41. The van der Waals surface area contributed by atoms with Crippen LogP contribution in [0.25, 0.3) is 11.5 Å². The number of nitrogens with zero attached hydrogens (tertiary/aromatic N) is 3. The van der Waals surface area contributed by atoms with Crippen molar-refractivity contribution in [3.8, 4) is 11.5 Å². The average Bonchev–Trinajstić information content (AvgIpc) is 2.64. The van der Waals surface area contributed by atoms with Gasteiger partial charge in [0.15, 0.2) is 5.82 Å². The predicted octanol–water partition coefficient (Wildman–Crippen LogP) is 2.26. The summed E-state index contributed by atoms with van der Waals surface area (Å²) in [6, 6.07) is 4.67. The quantitative estimate of drug-likeness (QED) is 0.571. The van der Waals surface area contributed by atoms with Crippen LogP contribution in [0.4, 0.5) is 5.69 Å². The fraction of sp³-hybridized carbons (Fsp3) is 0.200. The third kappa shape index (κ3) is 1.90. The van der Waals surface area contributed by atoms with Crippen molar-refractivity contribution in [1.29, 1.82) is 0 Å². The first-order chi connectivity index (χ1) is 7.56. The topological polar surface area (TPSA) is 82.1 Å². The van der Waals surface area contributed by atoms with E-state index in [1.54, 1.807) is 19.9 Å². The molecular weight excluding hydrogens is 210 g/mol. The van der Waals surface area contributed by atoms with Crippen LogP contribution in [0.15, 0.2) is 22.7 Å². The van der Waals surface area contributed by atoms with E-state index < -0.39 is 4.92 Å². The van der Waals surface area contributed by atoms with Crippen LogP contribution < -0.4 is 0 Å². The molecule has 0 saturated heterocycles. The van der Waals surface area contributed by atoms with Crippen molar-refractivity contribution in [3.63, 3.8) is 0 Å². The van der Waals surface area contributed by atoms with Gasteiger partial charge >= 0.3 is 0 Å². The molecule has 0 saturated carbocycles. The second kappa shape index (κ2) is 3.73. The van der Waals surface area contributed by atoms with Crippen molar-refractivity contribution in [1.82, 2.24) is 10.1 Å². The van der Waals surface area contributed by atoms with Crippen LogP contribution in [0.5, 0.6) is 0 Å². The molecule has 82 valence electrons. The third-order valence-electron chi connectivity index (χ3n) is 2.05. The minimum atomic E-state index is -0.445. The van der Waals surface area contributed by atoms with E-state index in [9.17, 15) is 10.1 Å². The lowest BCUT2D eigenvalue weighted by Crippen LogP contribution is -1.90. The molecule has 0 atom stereocenters. The number of aryl methyl sites for hydroxylation is 2. The SMILES string of the molecule is Cc1cc(-c2nc(C)no2)cc([N+](=O)[O-])c1. The Kier molecular flexibility index (Phi) is 2.40. The minimum Gasteiger partial charge on any atom is -0.334 e. The van der Waals surface area contributed by atoms with E-state index in [-0.39, 0.29) is 5.69 Å². The van der Waals surface area contributed by atoms with Gasteiger partial charge in [-0.3, -0.25) is 10.1 Å². The Balaban J connectivity index is 2.53. The minimum absolute atomic E-state index is 0.0193. The first-order valence-corrected chi connectivity index (χ1v) is 4.63. The number of hydrogen-bond acceptors (Lipinski definition) is 5. The molecule has 2 aromatic rings. The van der Waals surface area contributed by atoms with E-state index in [2.05, 4.69) is 10.1 Å². The maximum absolute atomic E-state index is 10.7. The summed E-state index contributed by atoms with van der Waals surface area (Å²) in [6.07, 6.45) is 0. The summed E-state index contributed by atoms with van der Waals surface area (Å²) >= 11 is 0. The number of hydrogen-bond donors (Lipinski definition) is 0. The van der Waals surface area contributed by atoms with Gasteiger partial charge in [-0.15, -0.1) is 0 Å². The molecule has 0 amide bonds. The van der Waals surface area contributed by atoms with Gasteiger partial charge in [0.25, 0.3) is 11.6 Å². The molecule has 0 fully saturated rings. The van der Waals surface area contributed by atoms with Crippen molar-refractivity contribution >= 4 is 5.69 Å². The number of nitro groups is 1. The normalized spacial score (nSPS) is 10.4. The van der Waals surface area contributed by atoms with E-state index in [0.717, 1.165) is 5.56 Å². The summed E-state index contributed by atoms with van der Waals surface area (Å²) in [4.78, 5) is 14.3. The van der Waals surface area contributed by atoms with Gasteiger partial charge in [-0.25, -0.2) is 0 Å². The number of aromatic nitrogens is 2. The van der Waals surface area contributed by atoms with Gasteiger partial charge in [-0.1, -0.05) is 5.16 Å². The van der Waals surface area contributed by atoms with Crippen molar-refractivity contribution in [2.75, 3.05) is 0 Å². The van der Waals surface area contributed by atoms with Crippen LogP contribution in [-0.2, 0) is 0 Å². The zero-order valence-electron chi connectivity index (χ0n) is 8.80. The third-order valence-corrected chi connectivity index (χ3v) is 2.05. The molecule has 6 heteroatoms. The molecule has 0 spiro atoms. The summed E-state index contributed by atoms with van der Waals surface area (Å²) in [5, 5.41) is 14.3. The number of nitro benzene ring substituents is 1. The molecule has 0 aliphatic carbocycles. The number of non-ortho nitro benzene ring substituents is 1. The van der Waals surface area contributed by atoms with Gasteiger partial charge in [-0.05, 0) is 25.5 Å². The highest BCUT2D eigenvalue weighted by Gasteiger charge is 2.13. The van der Waals surface area contributed by atoms with Crippen molar-refractivity contribution in [2.45, 2.75) is 13.8 Å². The van der Waals surface area contributed by atoms with E-state index in [1.165, 1.54) is 12.1 Å². The molecule has 6 nitrogen and oxygen atoms in total. The highest BCUT2D eigenvalue weighted by atomic mass is 16.6. The standard InChI is InChI=1S/C10H9N3O3/c1-6-3-8(5-9(4-6)13(14)15)10-11-7(2)12-16-10/h3-5H,1-2H3. The Labute approximate surface area is 91.1 Å². The second-order valence-corrected chi connectivity index (χ2v) is 3.46. The summed E-state index contributed by atoms with van der Waals surface area (Å²) < 4.78 is 4.96. The van der Waals surface area contributed by atoms with Crippen LogP contribution in [0.1, 0.15) is 11.4 Å². The van der Waals surface area contributed by atoms with Crippen LogP contribution >= 0.6 is 0 Å². The Bertz CT molecular complexity index is 548. The highest BCUT2D eigenvalue weighted by molar-refractivity contribution is 5.59. The maximum Gasteiger partial charge on any atom is 0.270 e. The molecule has 1 aromatic carbocycles. The monoisotopic (exact) mass is 219 g/mol. The zero-order chi connectivity index (χ0) is 11.7. The molecule has 0 bridgehead atoms. The maximum atomic E-state index is 10.7. The van der Waals surface area contributed by atoms with Gasteiger partial charge in [0.05, 0.1) is 4.92 Å². The van der Waals surface area contributed by atoms with Crippen molar-refractivity contribution < 1.29 is 9.45 Å². The molecule has 0 aliphatic rings. The molecule has 2 rings (SSSR count). The first kappa shape index (κ1) is 10.3. The Hall–Kier alpha value is -2.24. The number of rotatable bonds is 2. The molecule has 0 unspecified atom stereocenters. The molecule has 0 radical (unpaired) electrons. The van der Waals surface area contributed by atoms with Gasteiger partial charge in [0.2, 0.25) is 0 Å². The molecule has 0 N–H and O–H groups in total. The highest BCUT2D eigenvalue weighted by Crippen LogP contribution is 2.24. The molecule has 16 heavy (non-hydrogen) atoms. The van der Waals surface area contributed by atoms with Gasteiger partial charge < -0.3 is 4.52 Å². The predicted molar refractivity (Wildman–Crippen MR) is 55.9 cm³/mol. The molecule has 0 aliphatic heterocycles. The molecular formula is C10H9N3O3. The van der Waals surface area contributed by atoms with E-state index >= 15 is 0 Å². The lowest BCUT2D eigenvalue weighted by Gasteiger charge is -1.97. The molecule has 1 aromatic heterocycles.